The first-order valence-electron chi connectivity index (χ1n) is 4.47. The van der Waals surface area contributed by atoms with Crippen molar-refractivity contribution in [2.75, 3.05) is 6.61 Å². The minimum atomic E-state index is -4.57. The van der Waals surface area contributed by atoms with Crippen LogP contribution in [-0.2, 0) is 5.92 Å². The number of hydrogen-bond acceptors (Lipinski definition) is 1. The molecule has 7 heteroatoms. The van der Waals surface area contributed by atoms with Crippen molar-refractivity contribution >= 4 is 15.9 Å². The molecule has 1 aromatic rings. The summed E-state index contributed by atoms with van der Waals surface area (Å²) in [6.07, 6.45) is -4.57. The zero-order chi connectivity index (χ0) is 13.3. The first kappa shape index (κ1) is 14.2. The maximum atomic E-state index is 13.1. The van der Waals surface area contributed by atoms with Crippen LogP contribution in [0.4, 0.5) is 22.0 Å². The summed E-state index contributed by atoms with van der Waals surface area (Å²) in [5.41, 5.74) is -0.579. The van der Waals surface area contributed by atoms with Crippen LogP contribution in [0.15, 0.2) is 22.7 Å². The molecule has 17 heavy (non-hydrogen) atoms. The number of ether oxygens (including phenoxy) is 1. The van der Waals surface area contributed by atoms with Crippen molar-refractivity contribution in [1.29, 1.82) is 0 Å². The molecule has 0 aliphatic heterocycles. The standard InChI is InChI=1S/C10H8BrF5O/c1-9(12,13)7-3-2-6(11)4-8(7)17-5-10(14,15)16/h2-4H,5H2,1H3. The summed E-state index contributed by atoms with van der Waals surface area (Å²) in [5.74, 6) is -3.74. The highest BCUT2D eigenvalue weighted by Crippen LogP contribution is 2.36. The Bertz CT molecular complexity index is 397. The van der Waals surface area contributed by atoms with E-state index in [4.69, 9.17) is 0 Å². The zero-order valence-electron chi connectivity index (χ0n) is 8.62. The minimum Gasteiger partial charge on any atom is -0.484 e. The van der Waals surface area contributed by atoms with E-state index in [1.54, 1.807) is 0 Å². The number of alkyl halides is 5. The number of hydrogen-bond donors (Lipinski definition) is 0. The first-order chi connectivity index (χ1) is 7.59. The lowest BCUT2D eigenvalue weighted by Gasteiger charge is -2.17. The molecule has 0 aliphatic rings. The van der Waals surface area contributed by atoms with E-state index in [-0.39, 0.29) is 0 Å². The van der Waals surface area contributed by atoms with E-state index in [2.05, 4.69) is 20.7 Å². The Morgan fingerprint density at radius 1 is 1.18 bits per heavy atom. The maximum Gasteiger partial charge on any atom is 0.422 e. The third kappa shape index (κ3) is 4.49. The number of halogens is 6. The van der Waals surface area contributed by atoms with Crippen LogP contribution in [0.2, 0.25) is 0 Å². The fourth-order valence-corrected chi connectivity index (χ4v) is 1.48. The van der Waals surface area contributed by atoms with Gasteiger partial charge in [0, 0.05) is 11.4 Å². The normalized spacial score (nSPS) is 12.6. The monoisotopic (exact) mass is 318 g/mol. The second kappa shape index (κ2) is 4.80. The molecular formula is C10H8BrF5O. The Hall–Kier alpha value is -0.850. The average molecular weight is 319 g/mol. The van der Waals surface area contributed by atoms with E-state index in [0.29, 0.717) is 11.4 Å². The summed E-state index contributed by atoms with van der Waals surface area (Å²) in [5, 5.41) is 0. The Morgan fingerprint density at radius 3 is 2.24 bits per heavy atom. The lowest BCUT2D eigenvalue weighted by molar-refractivity contribution is -0.154. The second-order valence-corrected chi connectivity index (χ2v) is 4.35. The SMILES string of the molecule is CC(F)(F)c1ccc(Br)cc1OCC(F)(F)F. The van der Waals surface area contributed by atoms with Crippen LogP contribution >= 0.6 is 15.9 Å². The van der Waals surface area contributed by atoms with Gasteiger partial charge in [0.05, 0.1) is 5.56 Å². The molecule has 0 radical (unpaired) electrons. The molecule has 0 spiro atoms. The van der Waals surface area contributed by atoms with Crippen LogP contribution in [0.3, 0.4) is 0 Å². The maximum absolute atomic E-state index is 13.1. The van der Waals surface area contributed by atoms with Gasteiger partial charge in [-0.15, -0.1) is 0 Å². The van der Waals surface area contributed by atoms with Gasteiger partial charge < -0.3 is 4.74 Å². The highest BCUT2D eigenvalue weighted by molar-refractivity contribution is 9.10. The molecule has 0 unspecified atom stereocenters. The molecule has 0 atom stereocenters. The van der Waals surface area contributed by atoms with Gasteiger partial charge in [-0.1, -0.05) is 15.9 Å². The van der Waals surface area contributed by atoms with Crippen LogP contribution in [-0.4, -0.2) is 12.8 Å². The van der Waals surface area contributed by atoms with E-state index in [1.165, 1.54) is 6.07 Å². The molecule has 0 fully saturated rings. The van der Waals surface area contributed by atoms with E-state index in [0.717, 1.165) is 12.1 Å². The largest absolute Gasteiger partial charge is 0.484 e. The van der Waals surface area contributed by atoms with Crippen molar-refractivity contribution < 1.29 is 26.7 Å². The topological polar surface area (TPSA) is 9.23 Å². The van der Waals surface area contributed by atoms with Crippen LogP contribution in [0.25, 0.3) is 0 Å². The molecule has 0 N–H and O–H groups in total. The third-order valence-electron chi connectivity index (χ3n) is 1.81. The molecule has 1 aromatic carbocycles. The predicted molar refractivity (Wildman–Crippen MR) is 55.3 cm³/mol. The van der Waals surface area contributed by atoms with Gasteiger partial charge in [-0.25, -0.2) is 8.78 Å². The molecule has 0 bridgehead atoms. The van der Waals surface area contributed by atoms with E-state index in [9.17, 15) is 22.0 Å². The number of rotatable bonds is 3. The highest BCUT2D eigenvalue weighted by Gasteiger charge is 2.32. The molecule has 0 amide bonds. The highest BCUT2D eigenvalue weighted by atomic mass is 79.9. The fourth-order valence-electron chi connectivity index (χ4n) is 1.14. The van der Waals surface area contributed by atoms with E-state index in [1.807, 2.05) is 0 Å². The lowest BCUT2D eigenvalue weighted by Crippen LogP contribution is -2.21. The van der Waals surface area contributed by atoms with Crippen LogP contribution in [0.1, 0.15) is 12.5 Å². The van der Waals surface area contributed by atoms with Gasteiger partial charge >= 0.3 is 6.18 Å². The van der Waals surface area contributed by atoms with Crippen LogP contribution < -0.4 is 4.74 Å². The fraction of sp³-hybridized carbons (Fsp3) is 0.400. The van der Waals surface area contributed by atoms with Gasteiger partial charge in [-0.3, -0.25) is 0 Å². The van der Waals surface area contributed by atoms with Gasteiger partial charge in [-0.05, 0) is 18.2 Å². The summed E-state index contributed by atoms with van der Waals surface area (Å²) in [7, 11) is 0. The smallest absolute Gasteiger partial charge is 0.422 e. The Labute approximate surface area is 103 Å². The molecule has 0 aliphatic carbocycles. The summed E-state index contributed by atoms with van der Waals surface area (Å²) in [6, 6.07) is 3.42. The Balaban J connectivity index is 3.00. The van der Waals surface area contributed by atoms with Gasteiger partial charge in [-0.2, -0.15) is 13.2 Å². The van der Waals surface area contributed by atoms with Crippen molar-refractivity contribution in [2.45, 2.75) is 19.0 Å². The first-order valence-corrected chi connectivity index (χ1v) is 5.26. The van der Waals surface area contributed by atoms with Crippen molar-refractivity contribution in [3.8, 4) is 5.75 Å². The van der Waals surface area contributed by atoms with E-state index < -0.39 is 30.0 Å². The lowest BCUT2D eigenvalue weighted by atomic mass is 10.1. The van der Waals surface area contributed by atoms with Gasteiger partial charge in [0.1, 0.15) is 5.75 Å². The van der Waals surface area contributed by atoms with Crippen LogP contribution in [0.5, 0.6) is 5.75 Å². The Kier molecular flexibility index (Phi) is 4.01. The van der Waals surface area contributed by atoms with E-state index >= 15 is 0 Å². The van der Waals surface area contributed by atoms with Crippen molar-refractivity contribution in [3.05, 3.63) is 28.2 Å². The third-order valence-corrected chi connectivity index (χ3v) is 2.30. The minimum absolute atomic E-state index is 0.364. The molecule has 1 rings (SSSR count). The molecule has 0 aromatic heterocycles. The van der Waals surface area contributed by atoms with Crippen molar-refractivity contribution in [2.24, 2.45) is 0 Å². The zero-order valence-corrected chi connectivity index (χ0v) is 10.2. The summed E-state index contributed by atoms with van der Waals surface area (Å²) in [6.45, 7) is -1.01. The molecule has 1 nitrogen and oxygen atoms in total. The molecule has 0 heterocycles. The molecule has 0 saturated heterocycles. The van der Waals surface area contributed by atoms with Crippen molar-refractivity contribution in [1.82, 2.24) is 0 Å². The average Bonchev–Trinajstić information content (AvgIpc) is 2.11. The van der Waals surface area contributed by atoms with Crippen LogP contribution in [0, 0.1) is 0 Å². The van der Waals surface area contributed by atoms with Gasteiger partial charge in [0.15, 0.2) is 6.61 Å². The molecule has 0 saturated carbocycles. The second-order valence-electron chi connectivity index (χ2n) is 3.43. The predicted octanol–water partition coefficient (Wildman–Crippen LogP) is 4.50. The summed E-state index contributed by atoms with van der Waals surface area (Å²) in [4.78, 5) is 0. The summed E-state index contributed by atoms with van der Waals surface area (Å²) >= 11 is 2.98. The number of benzene rings is 1. The van der Waals surface area contributed by atoms with Crippen molar-refractivity contribution in [3.63, 3.8) is 0 Å². The molecular weight excluding hydrogens is 311 g/mol. The van der Waals surface area contributed by atoms with Gasteiger partial charge in [0.25, 0.3) is 5.92 Å². The molecule has 96 valence electrons. The quantitative estimate of drug-likeness (QED) is 0.745. The van der Waals surface area contributed by atoms with Gasteiger partial charge in [0.2, 0.25) is 0 Å². The summed E-state index contributed by atoms with van der Waals surface area (Å²) < 4.78 is 66.8. The Morgan fingerprint density at radius 2 is 1.76 bits per heavy atom.